The molecule has 9 nitrogen and oxygen atoms in total. The number of halogens is 1. The highest BCUT2D eigenvalue weighted by Crippen LogP contribution is 2.33. The Balaban J connectivity index is 1.85. The molecule has 0 aliphatic heterocycles. The van der Waals surface area contributed by atoms with E-state index in [-0.39, 0.29) is 29.5 Å². The van der Waals surface area contributed by atoms with Crippen LogP contribution in [0.25, 0.3) is 0 Å². The third-order valence-corrected chi connectivity index (χ3v) is 10.0. The van der Waals surface area contributed by atoms with Crippen molar-refractivity contribution in [2.45, 2.75) is 51.1 Å². The number of hydrogen-bond acceptors (Lipinski definition) is 6. The second-order valence-corrected chi connectivity index (χ2v) is 14.3. The topological polar surface area (TPSA) is 105 Å². The minimum Gasteiger partial charge on any atom is -0.493 e. The fourth-order valence-corrected chi connectivity index (χ4v) is 7.34. The first kappa shape index (κ1) is 36.5. The zero-order chi connectivity index (χ0) is 34.8. The molecule has 0 saturated carbocycles. The van der Waals surface area contributed by atoms with Gasteiger partial charge in [0.25, 0.3) is 10.0 Å². The zero-order valence-electron chi connectivity index (χ0n) is 27.9. The fourth-order valence-electron chi connectivity index (χ4n) is 5.48. The van der Waals surface area contributed by atoms with Gasteiger partial charge in [-0.05, 0) is 78.9 Å². The van der Waals surface area contributed by atoms with Gasteiger partial charge in [0.15, 0.2) is 11.5 Å². The summed E-state index contributed by atoms with van der Waals surface area (Å²) < 4.78 is 41.6. The van der Waals surface area contributed by atoms with E-state index < -0.39 is 28.5 Å². The minimum atomic E-state index is -4.33. The molecule has 0 aliphatic carbocycles. The summed E-state index contributed by atoms with van der Waals surface area (Å²) in [6, 6.07) is 25.7. The molecule has 4 aromatic carbocycles. The summed E-state index contributed by atoms with van der Waals surface area (Å²) in [5, 5.41) is 2.96. The number of methoxy groups -OCH3 is 2. The molecule has 0 aliphatic rings. The van der Waals surface area contributed by atoms with Crippen molar-refractivity contribution in [2.75, 3.05) is 31.6 Å². The Morgan fingerprint density at radius 1 is 0.833 bits per heavy atom. The van der Waals surface area contributed by atoms with E-state index in [2.05, 4.69) is 21.2 Å². The van der Waals surface area contributed by atoms with E-state index in [0.29, 0.717) is 24.4 Å². The van der Waals surface area contributed by atoms with Crippen LogP contribution in [-0.4, -0.2) is 58.5 Å². The Bertz CT molecular complexity index is 1810. The molecule has 0 spiro atoms. The molecule has 4 aromatic rings. The quantitative estimate of drug-likeness (QED) is 0.151. The molecule has 0 fully saturated rings. The second-order valence-electron chi connectivity index (χ2n) is 11.5. The first-order valence-corrected chi connectivity index (χ1v) is 17.9. The molecule has 0 radical (unpaired) electrons. The summed E-state index contributed by atoms with van der Waals surface area (Å²) in [6.45, 7) is 5.65. The van der Waals surface area contributed by atoms with Gasteiger partial charge < -0.3 is 19.7 Å². The van der Waals surface area contributed by atoms with Crippen molar-refractivity contribution < 1.29 is 27.5 Å². The van der Waals surface area contributed by atoms with Gasteiger partial charge in [0.1, 0.15) is 12.6 Å². The van der Waals surface area contributed by atoms with Gasteiger partial charge in [-0.2, -0.15) is 0 Å². The third-order valence-electron chi connectivity index (χ3n) is 7.78. The summed E-state index contributed by atoms with van der Waals surface area (Å²) in [6.07, 6.45) is 0.954. The lowest BCUT2D eigenvalue weighted by molar-refractivity contribution is -0.140. The first-order valence-electron chi connectivity index (χ1n) is 15.7. The van der Waals surface area contributed by atoms with Crippen molar-refractivity contribution in [1.82, 2.24) is 10.2 Å². The van der Waals surface area contributed by atoms with Crippen molar-refractivity contribution in [3.63, 3.8) is 0 Å². The second kappa shape index (κ2) is 16.7. The number of hydrogen-bond donors (Lipinski definition) is 1. The van der Waals surface area contributed by atoms with Gasteiger partial charge in [0, 0.05) is 30.0 Å². The van der Waals surface area contributed by atoms with Crippen molar-refractivity contribution in [2.24, 2.45) is 0 Å². The SMILES string of the molecule is CCCNC(=O)[C@@H](Cc1ccccc1)N(Cc1cccc(Br)c1)C(=O)CN(c1cc(C)cc(C)c1)S(=O)(=O)c1ccc(OC)c(OC)c1. The highest BCUT2D eigenvalue weighted by molar-refractivity contribution is 9.10. The molecule has 4 rings (SSSR count). The third kappa shape index (κ3) is 9.17. The average Bonchev–Trinajstić information content (AvgIpc) is 3.07. The van der Waals surface area contributed by atoms with E-state index >= 15 is 0 Å². The summed E-state index contributed by atoms with van der Waals surface area (Å²) in [5.74, 6) is -0.250. The van der Waals surface area contributed by atoms with E-state index in [9.17, 15) is 18.0 Å². The molecular formula is C37H42BrN3O6S. The van der Waals surface area contributed by atoms with Crippen molar-refractivity contribution in [3.05, 3.63) is 118 Å². The first-order chi connectivity index (χ1) is 23.0. The number of rotatable bonds is 15. The van der Waals surface area contributed by atoms with E-state index in [1.807, 2.05) is 81.4 Å². The monoisotopic (exact) mass is 735 g/mol. The lowest BCUT2D eigenvalue weighted by atomic mass is 10.0. The Kier molecular flexibility index (Phi) is 12.7. The van der Waals surface area contributed by atoms with Gasteiger partial charge in [-0.1, -0.05) is 71.4 Å². The van der Waals surface area contributed by atoms with Crippen LogP contribution >= 0.6 is 15.9 Å². The van der Waals surface area contributed by atoms with Crippen LogP contribution in [0, 0.1) is 13.8 Å². The molecular weight excluding hydrogens is 694 g/mol. The van der Waals surface area contributed by atoms with Crippen LogP contribution in [0.5, 0.6) is 11.5 Å². The number of sulfonamides is 1. The summed E-state index contributed by atoms with van der Waals surface area (Å²) in [5.41, 5.74) is 3.63. The van der Waals surface area contributed by atoms with Crippen molar-refractivity contribution >= 4 is 43.5 Å². The van der Waals surface area contributed by atoms with E-state index in [4.69, 9.17) is 9.47 Å². The molecule has 2 amide bonds. The number of carbonyl (C=O) groups excluding carboxylic acids is 2. The zero-order valence-corrected chi connectivity index (χ0v) is 30.3. The van der Waals surface area contributed by atoms with Crippen molar-refractivity contribution in [3.8, 4) is 11.5 Å². The molecule has 48 heavy (non-hydrogen) atoms. The van der Waals surface area contributed by atoms with Crippen LogP contribution in [0.2, 0.25) is 0 Å². The maximum Gasteiger partial charge on any atom is 0.264 e. The number of aryl methyl sites for hydroxylation is 2. The van der Waals surface area contributed by atoms with Gasteiger partial charge in [0.05, 0.1) is 24.8 Å². The fraction of sp³-hybridized carbons (Fsp3) is 0.297. The Hall–Kier alpha value is -4.35. The van der Waals surface area contributed by atoms with Crippen LogP contribution in [0.4, 0.5) is 5.69 Å². The lowest BCUT2D eigenvalue weighted by Crippen LogP contribution is -2.53. The normalized spacial score (nSPS) is 11.8. The van der Waals surface area contributed by atoms with Crippen LogP contribution in [-0.2, 0) is 32.6 Å². The lowest BCUT2D eigenvalue weighted by Gasteiger charge is -2.34. The molecule has 0 bridgehead atoms. The number of ether oxygens (including phenoxy) is 2. The molecule has 0 heterocycles. The number of amides is 2. The van der Waals surface area contributed by atoms with E-state index in [1.54, 1.807) is 12.1 Å². The number of carbonyl (C=O) groups is 2. The molecule has 0 saturated heterocycles. The highest BCUT2D eigenvalue weighted by atomic mass is 79.9. The summed E-state index contributed by atoms with van der Waals surface area (Å²) >= 11 is 3.51. The maximum atomic E-state index is 14.7. The maximum absolute atomic E-state index is 14.7. The van der Waals surface area contributed by atoms with Crippen LogP contribution in [0.1, 0.15) is 35.6 Å². The minimum absolute atomic E-state index is 0.0758. The predicted molar refractivity (Wildman–Crippen MR) is 192 cm³/mol. The van der Waals surface area contributed by atoms with Gasteiger partial charge in [-0.3, -0.25) is 13.9 Å². The molecule has 254 valence electrons. The standard InChI is InChI=1S/C37H42BrN3O6S/c1-6-17-39-37(43)33(22-28-11-8-7-9-12-28)40(24-29-13-10-14-30(38)21-29)36(42)25-41(31-19-26(2)18-27(3)20-31)48(44,45)32-15-16-34(46-4)35(23-32)47-5/h7-16,18-21,23,33H,6,17,22,24-25H2,1-5H3,(H,39,43)/t33-/m1/s1. The van der Waals surface area contributed by atoms with Crippen LogP contribution in [0.15, 0.2) is 100 Å². The van der Waals surface area contributed by atoms with Crippen LogP contribution < -0.4 is 19.1 Å². The van der Waals surface area contributed by atoms with Gasteiger partial charge in [-0.15, -0.1) is 0 Å². The number of nitrogens with one attached hydrogen (secondary N) is 1. The molecule has 0 unspecified atom stereocenters. The number of anilines is 1. The van der Waals surface area contributed by atoms with Gasteiger partial charge in [0.2, 0.25) is 11.8 Å². The Morgan fingerprint density at radius 2 is 1.50 bits per heavy atom. The molecule has 0 aromatic heterocycles. The van der Waals surface area contributed by atoms with E-state index in [1.165, 1.54) is 37.3 Å². The van der Waals surface area contributed by atoms with Gasteiger partial charge >= 0.3 is 0 Å². The highest BCUT2D eigenvalue weighted by Gasteiger charge is 2.35. The molecule has 11 heteroatoms. The number of benzene rings is 4. The van der Waals surface area contributed by atoms with Crippen LogP contribution in [0.3, 0.4) is 0 Å². The largest absolute Gasteiger partial charge is 0.493 e. The predicted octanol–water partition coefficient (Wildman–Crippen LogP) is 6.44. The Morgan fingerprint density at radius 3 is 2.12 bits per heavy atom. The van der Waals surface area contributed by atoms with Crippen molar-refractivity contribution in [1.29, 1.82) is 0 Å². The molecule has 1 N–H and O–H groups in total. The summed E-state index contributed by atoms with van der Waals surface area (Å²) in [7, 11) is -1.44. The summed E-state index contributed by atoms with van der Waals surface area (Å²) in [4.78, 5) is 29.9. The smallest absolute Gasteiger partial charge is 0.264 e. The Labute approximate surface area is 292 Å². The number of nitrogens with zero attached hydrogens (tertiary/aromatic N) is 2. The average molecular weight is 737 g/mol. The molecule has 1 atom stereocenters. The van der Waals surface area contributed by atoms with E-state index in [0.717, 1.165) is 31.0 Å². The van der Waals surface area contributed by atoms with Gasteiger partial charge in [-0.25, -0.2) is 8.42 Å².